The highest BCUT2D eigenvalue weighted by Gasteiger charge is 2.41. The van der Waals surface area contributed by atoms with Crippen molar-refractivity contribution in [3.05, 3.63) is 191 Å². The Morgan fingerprint density at radius 3 is 2.09 bits per heavy atom. The number of nitrogens with zero attached hydrogens (tertiary/aromatic N) is 3. The van der Waals surface area contributed by atoms with Crippen LogP contribution in [0, 0.1) is 6.92 Å². The number of aliphatic imine (C=N–C) groups is 1. The average Bonchev–Trinajstić information content (AvgIpc) is 3.81. The van der Waals surface area contributed by atoms with Crippen molar-refractivity contribution in [2.45, 2.75) is 77.0 Å². The van der Waals surface area contributed by atoms with E-state index in [1.165, 1.54) is 31.5 Å². The average molecular weight is 942 g/mol. The first-order valence-electron chi connectivity index (χ1n) is 23.3. The van der Waals surface area contributed by atoms with Gasteiger partial charge in [-0.2, -0.15) is 8.42 Å². The fourth-order valence-electron chi connectivity index (χ4n) is 10.2. The van der Waals surface area contributed by atoms with Gasteiger partial charge in [0.25, 0.3) is 10.1 Å². The van der Waals surface area contributed by atoms with Crippen molar-refractivity contribution in [1.29, 1.82) is 0 Å². The van der Waals surface area contributed by atoms with E-state index in [2.05, 4.69) is 129 Å². The maximum Gasteiger partial charge on any atom is 0.302 e. The first-order chi connectivity index (χ1) is 33.0. The predicted octanol–water partition coefficient (Wildman–Crippen LogP) is 12.4. The summed E-state index contributed by atoms with van der Waals surface area (Å²) in [5, 5.41) is 3.86. The molecule has 1 aliphatic carbocycles. The van der Waals surface area contributed by atoms with Crippen LogP contribution in [0.5, 0.6) is 0 Å². The van der Waals surface area contributed by atoms with Crippen LogP contribution in [-0.2, 0) is 40.0 Å². The highest BCUT2D eigenvalue weighted by molar-refractivity contribution is 7.85. The van der Waals surface area contributed by atoms with Gasteiger partial charge in [-0.1, -0.05) is 125 Å². The van der Waals surface area contributed by atoms with E-state index in [9.17, 15) is 22.6 Å². The van der Waals surface area contributed by atoms with Crippen LogP contribution in [-0.4, -0.2) is 56.9 Å². The molecule has 0 aromatic heterocycles. The number of ether oxygens (including phenoxy) is 2. The molecular formula is C58H59N3O7S. The second-order valence-electron chi connectivity index (χ2n) is 18.6. The van der Waals surface area contributed by atoms with E-state index in [1.807, 2.05) is 48.5 Å². The molecule has 69 heavy (non-hydrogen) atoms. The molecule has 2 aliphatic rings. The minimum atomic E-state index is -4.42. The molecule has 1 N–H and O–H groups in total. The largest absolute Gasteiger partial charge is 0.464 e. The number of anilines is 3. The molecule has 0 radical (unpaired) electrons. The van der Waals surface area contributed by atoms with E-state index in [0.717, 1.165) is 85.4 Å². The second-order valence-corrected chi connectivity index (χ2v) is 20.0. The van der Waals surface area contributed by atoms with Crippen LogP contribution in [0.4, 0.5) is 17.1 Å². The number of benzene rings is 6. The zero-order valence-electron chi connectivity index (χ0n) is 40.3. The van der Waals surface area contributed by atoms with Crippen molar-refractivity contribution >= 4 is 66.4 Å². The third-order valence-electron chi connectivity index (χ3n) is 13.2. The maximum atomic E-state index is 12.2. The van der Waals surface area contributed by atoms with Gasteiger partial charge in [-0.25, -0.2) is 0 Å². The smallest absolute Gasteiger partial charge is 0.302 e. The first-order valence-corrected chi connectivity index (χ1v) is 24.8. The molecule has 10 nitrogen and oxygen atoms in total. The van der Waals surface area contributed by atoms with Crippen molar-refractivity contribution in [1.82, 2.24) is 0 Å². The number of esters is 2. The van der Waals surface area contributed by atoms with Gasteiger partial charge in [-0.3, -0.25) is 19.1 Å². The Labute approximate surface area is 405 Å². The van der Waals surface area contributed by atoms with Gasteiger partial charge in [-0.15, -0.1) is 0 Å². The minimum Gasteiger partial charge on any atom is -0.464 e. The van der Waals surface area contributed by atoms with E-state index in [-0.39, 0.29) is 30.0 Å². The molecule has 354 valence electrons. The molecule has 6 aromatic carbocycles. The number of fused-ring (bicyclic) bond motifs is 4. The number of hydrogen-bond donors (Lipinski definition) is 1. The van der Waals surface area contributed by atoms with Crippen LogP contribution in [0.1, 0.15) is 71.1 Å². The number of allylic oxidation sites excluding steroid dienone is 7. The Morgan fingerprint density at radius 1 is 0.783 bits per heavy atom. The van der Waals surface area contributed by atoms with Crippen molar-refractivity contribution < 1.29 is 32.0 Å². The number of hydrogen-bond acceptors (Lipinski definition) is 9. The van der Waals surface area contributed by atoms with Gasteiger partial charge in [0.05, 0.1) is 23.7 Å². The zero-order valence-corrected chi connectivity index (χ0v) is 41.1. The Morgan fingerprint density at radius 2 is 1.42 bits per heavy atom. The lowest BCUT2D eigenvalue weighted by Gasteiger charge is -2.30. The van der Waals surface area contributed by atoms with E-state index < -0.39 is 20.9 Å². The maximum absolute atomic E-state index is 12.2. The quantitative estimate of drug-likeness (QED) is 0.0463. The molecule has 8 rings (SSSR count). The molecule has 0 unspecified atom stereocenters. The Balaban J connectivity index is 1.30. The van der Waals surface area contributed by atoms with E-state index >= 15 is 0 Å². The van der Waals surface area contributed by atoms with Crippen LogP contribution in [0.3, 0.4) is 0 Å². The third-order valence-corrected chi connectivity index (χ3v) is 14.1. The molecule has 6 aromatic rings. The molecule has 11 heteroatoms. The van der Waals surface area contributed by atoms with Gasteiger partial charge in [0.1, 0.15) is 13.2 Å². The van der Waals surface area contributed by atoms with E-state index in [0.29, 0.717) is 18.5 Å². The first kappa shape index (κ1) is 48.4. The minimum absolute atomic E-state index is 0.161. The fraction of sp³-hybridized carbons (Fsp3) is 0.259. The van der Waals surface area contributed by atoms with Gasteiger partial charge in [0, 0.05) is 53.1 Å². The number of para-hydroxylation sites is 2. The summed E-state index contributed by atoms with van der Waals surface area (Å²) in [6.07, 6.45) is 10.2. The summed E-state index contributed by atoms with van der Waals surface area (Å²) in [4.78, 5) is 33.4. The molecule has 0 fully saturated rings. The monoisotopic (exact) mass is 941 g/mol. The predicted molar refractivity (Wildman–Crippen MR) is 278 cm³/mol. The summed E-state index contributed by atoms with van der Waals surface area (Å²) in [6, 6.07) is 42.0. The molecule has 0 atom stereocenters. The van der Waals surface area contributed by atoms with Crippen LogP contribution in [0.15, 0.2) is 184 Å². The normalized spacial score (nSPS) is 16.3. The molecule has 0 amide bonds. The lowest BCUT2D eigenvalue weighted by atomic mass is 9.75. The van der Waals surface area contributed by atoms with E-state index in [1.54, 1.807) is 6.07 Å². The van der Waals surface area contributed by atoms with E-state index in [4.69, 9.17) is 14.5 Å². The summed E-state index contributed by atoms with van der Waals surface area (Å²) in [5.74, 6) is -0.711. The third kappa shape index (κ3) is 10.1. The van der Waals surface area contributed by atoms with Gasteiger partial charge in [0.2, 0.25) is 0 Å². The summed E-state index contributed by atoms with van der Waals surface area (Å²) >= 11 is 0. The molecule has 0 bridgehead atoms. The van der Waals surface area contributed by atoms with Crippen LogP contribution < -0.4 is 9.80 Å². The van der Waals surface area contributed by atoms with Crippen molar-refractivity contribution in [2.75, 3.05) is 36.1 Å². The Bertz CT molecular complexity index is 3180. The number of aryl methyl sites for hydroxylation is 1. The summed E-state index contributed by atoms with van der Waals surface area (Å²) in [7, 11) is -4.42. The lowest BCUT2D eigenvalue weighted by molar-refractivity contribution is -0.141. The molecule has 0 saturated heterocycles. The van der Waals surface area contributed by atoms with Crippen molar-refractivity contribution in [2.24, 2.45) is 4.99 Å². The van der Waals surface area contributed by atoms with Crippen molar-refractivity contribution in [3.63, 3.8) is 0 Å². The second kappa shape index (κ2) is 19.9. The summed E-state index contributed by atoms with van der Waals surface area (Å²) < 4.78 is 45.1. The molecule has 1 heterocycles. The SMILES string of the molecule is CC(=O)OCCN=C(/C=C/C1=C(N(c2ccccc2)c2ccccc2)C(=C/C=C2/N(CCOC(C)=O)c3ccc4cc(S(=O)(=O)O)ccc4c3C2(C)C)/CC1)C(C)(C)c1c(C)ccc2ccccc12. The molecule has 0 saturated carbocycles. The van der Waals surface area contributed by atoms with Gasteiger partial charge in [-0.05, 0) is 124 Å². The molecule has 1 aliphatic heterocycles. The topological polar surface area (TPSA) is 126 Å². The molecular weight excluding hydrogens is 883 g/mol. The zero-order chi connectivity index (χ0) is 49.1. The Hall–Kier alpha value is -7.08. The Kier molecular flexibility index (Phi) is 13.9. The highest BCUT2D eigenvalue weighted by Crippen LogP contribution is 2.51. The highest BCUT2D eigenvalue weighted by atomic mass is 32.2. The summed E-state index contributed by atoms with van der Waals surface area (Å²) in [6.45, 7) is 14.7. The van der Waals surface area contributed by atoms with Gasteiger partial charge < -0.3 is 19.3 Å². The standard InChI is InChI=1S/C58H59N3O7S/c1-39-22-23-42-16-14-15-21-49(42)54(39)57(4,5)52(59-34-36-67-40(2)62)32-27-43-24-25-44(56(43)61(46-17-10-8-11-18-46)47-19-12-9-13-20-47)28-33-53-58(6,7)55-50-30-29-48(69(64,65)66)38-45(50)26-31-51(55)60(53)35-37-68-41(3)63/h8-23,26-33,38H,24-25,34-37H2,1-7H3,(H,64,65,66)/b32-27+,44-28+,53-33+,59-52?. The number of carbonyl (C=O) groups excluding carboxylic acids is 2. The number of rotatable bonds is 15. The number of carbonyl (C=O) groups is 2. The van der Waals surface area contributed by atoms with Crippen LogP contribution >= 0.6 is 0 Å². The van der Waals surface area contributed by atoms with Crippen LogP contribution in [0.25, 0.3) is 21.5 Å². The summed E-state index contributed by atoms with van der Waals surface area (Å²) in [5.41, 5.74) is 10.2. The van der Waals surface area contributed by atoms with Gasteiger partial charge in [0.15, 0.2) is 0 Å². The van der Waals surface area contributed by atoms with Crippen molar-refractivity contribution in [3.8, 4) is 0 Å². The molecule has 0 spiro atoms. The van der Waals surface area contributed by atoms with Crippen LogP contribution in [0.2, 0.25) is 0 Å². The fourth-order valence-corrected chi connectivity index (χ4v) is 10.7. The van der Waals surface area contributed by atoms with Gasteiger partial charge >= 0.3 is 11.9 Å². The lowest BCUT2D eigenvalue weighted by Crippen LogP contribution is -2.30.